The maximum Gasteiger partial charge on any atom is 0.294 e. The molecule has 8 heteroatoms. The van der Waals surface area contributed by atoms with Gasteiger partial charge in [-0.25, -0.2) is 13.8 Å². The van der Waals surface area contributed by atoms with E-state index in [9.17, 15) is 23.5 Å². The lowest BCUT2D eigenvalue weighted by Gasteiger charge is -2.29. The number of anilines is 1. The summed E-state index contributed by atoms with van der Waals surface area (Å²) < 4.78 is 28.8. The van der Waals surface area contributed by atoms with Crippen LogP contribution >= 0.6 is 0 Å². The van der Waals surface area contributed by atoms with Crippen LogP contribution in [0.5, 0.6) is 0 Å². The number of aromatic amines is 1. The van der Waals surface area contributed by atoms with Crippen LogP contribution in [0.3, 0.4) is 0 Å². The first-order valence-electron chi connectivity index (χ1n) is 9.30. The van der Waals surface area contributed by atoms with Gasteiger partial charge >= 0.3 is 0 Å². The Kier molecular flexibility index (Phi) is 4.45. The number of aromatic nitrogens is 2. The van der Waals surface area contributed by atoms with E-state index in [-0.39, 0.29) is 11.1 Å². The number of aliphatic hydroxyl groups is 1. The van der Waals surface area contributed by atoms with Crippen molar-refractivity contribution in [2.24, 2.45) is 5.41 Å². The van der Waals surface area contributed by atoms with Gasteiger partial charge in [-0.3, -0.25) is 14.5 Å². The van der Waals surface area contributed by atoms with Crippen LogP contribution < -0.4 is 4.90 Å². The second-order valence-electron chi connectivity index (χ2n) is 8.17. The Morgan fingerprint density at radius 2 is 1.93 bits per heavy atom. The van der Waals surface area contributed by atoms with Gasteiger partial charge in [-0.15, -0.1) is 0 Å². The largest absolute Gasteiger partial charge is 0.503 e. The van der Waals surface area contributed by atoms with E-state index in [1.807, 2.05) is 0 Å². The van der Waals surface area contributed by atoms with Crippen molar-refractivity contribution in [3.05, 3.63) is 71.3 Å². The van der Waals surface area contributed by atoms with Gasteiger partial charge in [-0.1, -0.05) is 32.9 Å². The molecule has 4 rings (SSSR count). The molecule has 0 fully saturated rings. The monoisotopic (exact) mass is 411 g/mol. The molecular weight excluding hydrogens is 392 g/mol. The fourth-order valence-corrected chi connectivity index (χ4v) is 3.61. The number of hydrogen-bond acceptors (Lipinski definition) is 4. The minimum absolute atomic E-state index is 0.218. The zero-order chi connectivity index (χ0) is 21.8. The zero-order valence-corrected chi connectivity index (χ0v) is 16.5. The molecule has 1 amide bonds. The highest BCUT2D eigenvalue weighted by molar-refractivity contribution is 6.17. The van der Waals surface area contributed by atoms with Crippen molar-refractivity contribution < 1.29 is 23.5 Å². The highest BCUT2D eigenvalue weighted by atomic mass is 19.2. The van der Waals surface area contributed by atoms with E-state index in [0.29, 0.717) is 16.7 Å². The van der Waals surface area contributed by atoms with Gasteiger partial charge in [0.15, 0.2) is 23.2 Å². The number of H-pyrrole nitrogens is 1. The maximum atomic E-state index is 14.8. The lowest BCUT2D eigenvalue weighted by atomic mass is 9.82. The average molecular weight is 411 g/mol. The normalized spacial score (nSPS) is 17.3. The number of Topliss-reactive ketones (excluding diaryl/α,β-unsaturated/α-hetero) is 1. The number of imidazole rings is 1. The maximum absolute atomic E-state index is 14.8. The van der Waals surface area contributed by atoms with Crippen molar-refractivity contribution in [3.8, 4) is 0 Å². The van der Waals surface area contributed by atoms with Gasteiger partial charge in [0.2, 0.25) is 0 Å². The molecule has 3 aromatic rings. The van der Waals surface area contributed by atoms with Crippen molar-refractivity contribution in [2.45, 2.75) is 26.8 Å². The van der Waals surface area contributed by atoms with Crippen LogP contribution in [-0.4, -0.2) is 26.8 Å². The van der Waals surface area contributed by atoms with Gasteiger partial charge in [0.25, 0.3) is 5.91 Å². The van der Waals surface area contributed by atoms with Crippen LogP contribution in [0.1, 0.15) is 32.4 Å². The average Bonchev–Trinajstić information content (AvgIpc) is 3.25. The van der Waals surface area contributed by atoms with Crippen LogP contribution in [-0.2, 0) is 9.59 Å². The second-order valence-corrected chi connectivity index (χ2v) is 8.17. The van der Waals surface area contributed by atoms with E-state index >= 15 is 0 Å². The molecule has 0 spiro atoms. The molecule has 6 nitrogen and oxygen atoms in total. The lowest BCUT2D eigenvalue weighted by molar-refractivity contribution is -0.123. The zero-order valence-electron chi connectivity index (χ0n) is 16.5. The number of benzene rings is 2. The predicted octanol–water partition coefficient (Wildman–Crippen LogP) is 4.36. The number of carbonyl (C=O) groups excluding carboxylic acids is 2. The molecule has 1 aliphatic rings. The van der Waals surface area contributed by atoms with Crippen molar-refractivity contribution in [1.29, 1.82) is 0 Å². The van der Waals surface area contributed by atoms with E-state index in [0.717, 1.165) is 11.0 Å². The number of rotatable bonds is 3. The molecule has 1 aromatic heterocycles. The predicted molar refractivity (Wildman–Crippen MR) is 107 cm³/mol. The Balaban J connectivity index is 1.96. The summed E-state index contributed by atoms with van der Waals surface area (Å²) in [4.78, 5) is 34.3. The van der Waals surface area contributed by atoms with E-state index in [1.54, 1.807) is 39.0 Å². The standard InChI is InChI=1S/C22H19F2N3O3/c1-22(2,3)20(29)16-18(12-5-4-6-13(23)17(12)24)27(21(30)19(16)28)11-7-8-14-15(9-11)26-10-25-14/h4-10,18,28H,1-3H3,(H,25,26). The molecule has 154 valence electrons. The van der Waals surface area contributed by atoms with Crippen molar-refractivity contribution in [1.82, 2.24) is 9.97 Å². The van der Waals surface area contributed by atoms with Gasteiger partial charge < -0.3 is 10.1 Å². The van der Waals surface area contributed by atoms with E-state index in [2.05, 4.69) is 9.97 Å². The highest BCUT2D eigenvalue weighted by Gasteiger charge is 2.47. The smallest absolute Gasteiger partial charge is 0.294 e. The van der Waals surface area contributed by atoms with Gasteiger partial charge in [-0.05, 0) is 24.3 Å². The SMILES string of the molecule is CC(C)(C)C(=O)C1=C(O)C(=O)N(c2ccc3nc[nH]c3c2)C1c1cccc(F)c1F. The van der Waals surface area contributed by atoms with E-state index < -0.39 is 40.5 Å². The van der Waals surface area contributed by atoms with Gasteiger partial charge in [0.05, 0.1) is 29.0 Å². The topological polar surface area (TPSA) is 86.3 Å². The quantitative estimate of drug-likeness (QED) is 0.671. The van der Waals surface area contributed by atoms with Gasteiger partial charge in [-0.2, -0.15) is 0 Å². The first-order valence-corrected chi connectivity index (χ1v) is 9.30. The molecule has 0 saturated carbocycles. The van der Waals surface area contributed by atoms with Gasteiger partial charge in [0.1, 0.15) is 0 Å². The number of ketones is 1. The minimum Gasteiger partial charge on any atom is -0.503 e. The number of carbonyl (C=O) groups is 2. The highest BCUT2D eigenvalue weighted by Crippen LogP contribution is 2.44. The number of nitrogens with zero attached hydrogens (tertiary/aromatic N) is 2. The summed E-state index contributed by atoms with van der Waals surface area (Å²) in [5.74, 6) is -4.47. The number of hydrogen-bond donors (Lipinski definition) is 2. The molecule has 0 aliphatic carbocycles. The number of amides is 1. The Morgan fingerprint density at radius 1 is 1.20 bits per heavy atom. The van der Waals surface area contributed by atoms with E-state index in [1.165, 1.54) is 18.5 Å². The fraction of sp³-hybridized carbons (Fsp3) is 0.227. The van der Waals surface area contributed by atoms with Crippen LogP contribution in [0.2, 0.25) is 0 Å². The summed E-state index contributed by atoms with van der Waals surface area (Å²) in [6.45, 7) is 4.87. The number of nitrogens with one attached hydrogen (secondary N) is 1. The summed E-state index contributed by atoms with van der Waals surface area (Å²) in [5, 5.41) is 10.6. The van der Waals surface area contributed by atoms with Crippen LogP contribution in [0.15, 0.2) is 54.1 Å². The molecule has 2 heterocycles. The summed E-state index contributed by atoms with van der Waals surface area (Å²) in [6, 6.07) is 7.04. The molecule has 0 saturated heterocycles. The molecule has 0 bridgehead atoms. The first-order chi connectivity index (χ1) is 14.1. The van der Waals surface area contributed by atoms with Crippen LogP contribution in [0.4, 0.5) is 14.5 Å². The first kappa shape index (κ1) is 19.8. The molecule has 1 aliphatic heterocycles. The van der Waals surface area contributed by atoms with Crippen molar-refractivity contribution in [3.63, 3.8) is 0 Å². The van der Waals surface area contributed by atoms with Crippen molar-refractivity contribution in [2.75, 3.05) is 4.90 Å². The number of aliphatic hydroxyl groups excluding tert-OH is 1. The molecule has 1 unspecified atom stereocenters. The van der Waals surface area contributed by atoms with Crippen molar-refractivity contribution >= 4 is 28.4 Å². The number of fused-ring (bicyclic) bond motifs is 1. The van der Waals surface area contributed by atoms with Crippen LogP contribution in [0, 0.1) is 17.0 Å². The summed E-state index contributed by atoms with van der Waals surface area (Å²) >= 11 is 0. The minimum atomic E-state index is -1.32. The number of halogens is 2. The summed E-state index contributed by atoms with van der Waals surface area (Å²) in [6.07, 6.45) is 1.48. The Bertz CT molecular complexity index is 1220. The second kappa shape index (κ2) is 6.76. The summed E-state index contributed by atoms with van der Waals surface area (Å²) in [7, 11) is 0. The van der Waals surface area contributed by atoms with Crippen LogP contribution in [0.25, 0.3) is 11.0 Å². The molecular formula is C22H19F2N3O3. The fourth-order valence-electron chi connectivity index (χ4n) is 3.61. The Morgan fingerprint density at radius 3 is 2.63 bits per heavy atom. The molecule has 30 heavy (non-hydrogen) atoms. The van der Waals surface area contributed by atoms with Gasteiger partial charge in [0, 0.05) is 16.7 Å². The Labute approximate surface area is 170 Å². The molecule has 1 atom stereocenters. The lowest BCUT2D eigenvalue weighted by Crippen LogP contribution is -2.33. The van der Waals surface area contributed by atoms with E-state index in [4.69, 9.17) is 0 Å². The third-order valence-corrected chi connectivity index (χ3v) is 5.09. The molecule has 2 N–H and O–H groups in total. The molecule has 2 aromatic carbocycles. The third-order valence-electron chi connectivity index (χ3n) is 5.09. The Hall–Kier alpha value is -3.55. The summed E-state index contributed by atoms with van der Waals surface area (Å²) in [5.41, 5.74) is 0.102. The molecule has 0 radical (unpaired) electrons. The third kappa shape index (κ3) is 2.96.